The van der Waals surface area contributed by atoms with E-state index in [1.807, 2.05) is 24.3 Å². The third-order valence-electron chi connectivity index (χ3n) is 4.30. The second-order valence-corrected chi connectivity index (χ2v) is 6.40. The van der Waals surface area contributed by atoms with Crippen LogP contribution in [0.2, 0.25) is 0 Å². The standard InChI is InChI=1S/C22H22N4O3/c1-15(27)17-6-8-18(9-7-17)26-21-13-20(24-14-25-21)22(28)23-11-10-16-4-3-5-19(12-16)29-2/h3-9,12-14H,10-11H2,1-2H3,(H,23,28)(H,24,25,26). The molecule has 148 valence electrons. The van der Waals surface area contributed by atoms with Crippen molar-refractivity contribution in [3.8, 4) is 5.75 Å². The normalized spacial score (nSPS) is 10.3. The molecule has 0 unspecified atom stereocenters. The molecule has 7 heteroatoms. The number of ketones is 1. The Kier molecular flexibility index (Phi) is 6.52. The first-order chi connectivity index (χ1) is 14.0. The second kappa shape index (κ2) is 9.45. The summed E-state index contributed by atoms with van der Waals surface area (Å²) in [5.74, 6) is 1.02. The number of methoxy groups -OCH3 is 1. The number of anilines is 2. The largest absolute Gasteiger partial charge is 0.497 e. The van der Waals surface area contributed by atoms with E-state index in [0.29, 0.717) is 24.3 Å². The summed E-state index contributed by atoms with van der Waals surface area (Å²) >= 11 is 0. The van der Waals surface area contributed by atoms with E-state index < -0.39 is 0 Å². The van der Waals surface area contributed by atoms with Crippen LogP contribution >= 0.6 is 0 Å². The lowest BCUT2D eigenvalue weighted by Gasteiger charge is -2.09. The number of carbonyl (C=O) groups is 2. The zero-order chi connectivity index (χ0) is 20.6. The molecule has 0 aliphatic carbocycles. The van der Waals surface area contributed by atoms with Crippen LogP contribution in [0.5, 0.6) is 5.75 Å². The molecule has 0 aliphatic heterocycles. The van der Waals surface area contributed by atoms with E-state index in [1.165, 1.54) is 13.3 Å². The highest BCUT2D eigenvalue weighted by atomic mass is 16.5. The predicted octanol–water partition coefficient (Wildman–Crippen LogP) is 3.40. The van der Waals surface area contributed by atoms with Gasteiger partial charge in [0.15, 0.2) is 5.78 Å². The lowest BCUT2D eigenvalue weighted by molar-refractivity contribution is 0.0948. The van der Waals surface area contributed by atoms with Gasteiger partial charge in [0.25, 0.3) is 5.91 Å². The fraction of sp³-hybridized carbons (Fsp3) is 0.182. The van der Waals surface area contributed by atoms with Crippen molar-refractivity contribution in [2.45, 2.75) is 13.3 Å². The molecule has 2 aromatic carbocycles. The van der Waals surface area contributed by atoms with Gasteiger partial charge in [0.05, 0.1) is 7.11 Å². The number of rotatable bonds is 8. The molecule has 1 amide bonds. The van der Waals surface area contributed by atoms with Gasteiger partial charge >= 0.3 is 0 Å². The molecular weight excluding hydrogens is 368 g/mol. The summed E-state index contributed by atoms with van der Waals surface area (Å²) in [6, 6.07) is 16.3. The van der Waals surface area contributed by atoms with Gasteiger partial charge in [-0.05, 0) is 55.3 Å². The molecule has 0 aliphatic rings. The maximum Gasteiger partial charge on any atom is 0.270 e. The predicted molar refractivity (Wildman–Crippen MR) is 111 cm³/mol. The molecule has 1 heterocycles. The Morgan fingerprint density at radius 1 is 1.03 bits per heavy atom. The van der Waals surface area contributed by atoms with Crippen LogP contribution in [-0.2, 0) is 6.42 Å². The Morgan fingerprint density at radius 3 is 2.55 bits per heavy atom. The van der Waals surface area contributed by atoms with Crippen LogP contribution in [0.25, 0.3) is 0 Å². The van der Waals surface area contributed by atoms with E-state index in [9.17, 15) is 9.59 Å². The maximum absolute atomic E-state index is 12.4. The summed E-state index contributed by atoms with van der Waals surface area (Å²) in [6.45, 7) is 2.00. The topological polar surface area (TPSA) is 93.2 Å². The highest BCUT2D eigenvalue weighted by Crippen LogP contribution is 2.16. The van der Waals surface area contributed by atoms with Crippen LogP contribution < -0.4 is 15.4 Å². The fourth-order valence-electron chi connectivity index (χ4n) is 2.72. The van der Waals surface area contributed by atoms with Crippen LogP contribution in [0.4, 0.5) is 11.5 Å². The molecule has 2 N–H and O–H groups in total. The highest BCUT2D eigenvalue weighted by Gasteiger charge is 2.09. The van der Waals surface area contributed by atoms with E-state index in [4.69, 9.17) is 4.74 Å². The Hall–Kier alpha value is -3.74. The van der Waals surface area contributed by atoms with Crippen molar-refractivity contribution in [2.75, 3.05) is 19.0 Å². The summed E-state index contributed by atoms with van der Waals surface area (Å²) < 4.78 is 5.20. The number of nitrogens with one attached hydrogen (secondary N) is 2. The van der Waals surface area contributed by atoms with Gasteiger partial charge in [0, 0.05) is 23.9 Å². The minimum absolute atomic E-state index is 0.00601. The molecule has 0 atom stereocenters. The van der Waals surface area contributed by atoms with Crippen LogP contribution in [0.3, 0.4) is 0 Å². The molecule has 0 spiro atoms. The van der Waals surface area contributed by atoms with Crippen LogP contribution in [-0.4, -0.2) is 35.3 Å². The van der Waals surface area contributed by atoms with Crippen molar-refractivity contribution in [1.82, 2.24) is 15.3 Å². The lowest BCUT2D eigenvalue weighted by Crippen LogP contribution is -2.26. The van der Waals surface area contributed by atoms with Crippen molar-refractivity contribution >= 4 is 23.2 Å². The number of Topliss-reactive ketones (excluding diaryl/α,β-unsaturated/α-hetero) is 1. The van der Waals surface area contributed by atoms with Gasteiger partial charge in [-0.3, -0.25) is 9.59 Å². The summed E-state index contributed by atoms with van der Waals surface area (Å²) in [5, 5.41) is 5.96. The first-order valence-electron chi connectivity index (χ1n) is 9.16. The number of aromatic nitrogens is 2. The number of nitrogens with zero attached hydrogens (tertiary/aromatic N) is 2. The van der Waals surface area contributed by atoms with Gasteiger partial charge in [-0.25, -0.2) is 9.97 Å². The smallest absolute Gasteiger partial charge is 0.270 e. The molecule has 3 aromatic rings. The zero-order valence-electron chi connectivity index (χ0n) is 16.3. The quantitative estimate of drug-likeness (QED) is 0.573. The summed E-state index contributed by atoms with van der Waals surface area (Å²) in [4.78, 5) is 31.9. The van der Waals surface area contributed by atoms with Gasteiger partial charge in [-0.15, -0.1) is 0 Å². The third kappa shape index (κ3) is 5.62. The number of amides is 1. The Bertz CT molecular complexity index is 1000. The van der Waals surface area contributed by atoms with Gasteiger partial charge in [-0.2, -0.15) is 0 Å². The molecule has 3 rings (SSSR count). The van der Waals surface area contributed by atoms with Gasteiger partial charge < -0.3 is 15.4 Å². The van der Waals surface area contributed by atoms with Crippen LogP contribution in [0, 0.1) is 0 Å². The second-order valence-electron chi connectivity index (χ2n) is 6.40. The number of benzene rings is 2. The van der Waals surface area contributed by atoms with Gasteiger partial charge in [0.1, 0.15) is 23.6 Å². The first-order valence-corrected chi connectivity index (χ1v) is 9.16. The van der Waals surface area contributed by atoms with Crippen molar-refractivity contribution in [2.24, 2.45) is 0 Å². The third-order valence-corrected chi connectivity index (χ3v) is 4.30. The number of ether oxygens (including phenoxy) is 1. The van der Waals surface area contributed by atoms with Crippen LogP contribution in [0.15, 0.2) is 60.9 Å². The minimum Gasteiger partial charge on any atom is -0.497 e. The van der Waals surface area contributed by atoms with Crippen molar-refractivity contribution in [3.63, 3.8) is 0 Å². The molecular formula is C22H22N4O3. The molecule has 7 nitrogen and oxygen atoms in total. The van der Waals surface area contributed by atoms with Crippen molar-refractivity contribution in [3.05, 3.63) is 77.7 Å². The number of carbonyl (C=O) groups excluding carboxylic acids is 2. The fourth-order valence-corrected chi connectivity index (χ4v) is 2.72. The maximum atomic E-state index is 12.4. The molecule has 0 saturated carbocycles. The summed E-state index contributed by atoms with van der Waals surface area (Å²) in [5.41, 5.74) is 2.74. The summed E-state index contributed by atoms with van der Waals surface area (Å²) in [6.07, 6.45) is 2.02. The monoisotopic (exact) mass is 390 g/mol. The van der Waals surface area contributed by atoms with E-state index in [2.05, 4.69) is 20.6 Å². The van der Waals surface area contributed by atoms with Gasteiger partial charge in [0.2, 0.25) is 0 Å². The Morgan fingerprint density at radius 2 is 1.83 bits per heavy atom. The van der Waals surface area contributed by atoms with Gasteiger partial charge in [-0.1, -0.05) is 12.1 Å². The number of hydrogen-bond acceptors (Lipinski definition) is 6. The van der Waals surface area contributed by atoms with E-state index >= 15 is 0 Å². The average molecular weight is 390 g/mol. The first kappa shape index (κ1) is 20.0. The SMILES string of the molecule is COc1cccc(CCNC(=O)c2cc(Nc3ccc(C(C)=O)cc3)ncn2)c1. The molecule has 29 heavy (non-hydrogen) atoms. The van der Waals surface area contributed by atoms with E-state index in [0.717, 1.165) is 17.0 Å². The Labute approximate surface area is 169 Å². The molecule has 0 bridgehead atoms. The molecule has 0 fully saturated rings. The highest BCUT2D eigenvalue weighted by molar-refractivity contribution is 5.94. The zero-order valence-corrected chi connectivity index (χ0v) is 16.3. The molecule has 0 saturated heterocycles. The van der Waals surface area contributed by atoms with E-state index in [1.54, 1.807) is 37.4 Å². The average Bonchev–Trinajstić information content (AvgIpc) is 2.74. The molecule has 1 aromatic heterocycles. The van der Waals surface area contributed by atoms with Crippen molar-refractivity contribution in [1.29, 1.82) is 0 Å². The van der Waals surface area contributed by atoms with Crippen molar-refractivity contribution < 1.29 is 14.3 Å². The van der Waals surface area contributed by atoms with E-state index in [-0.39, 0.29) is 17.4 Å². The Balaban J connectivity index is 1.57. The minimum atomic E-state index is -0.273. The number of hydrogen-bond donors (Lipinski definition) is 2. The summed E-state index contributed by atoms with van der Waals surface area (Å²) in [7, 11) is 1.62. The lowest BCUT2D eigenvalue weighted by atomic mass is 10.1. The molecule has 0 radical (unpaired) electrons. The van der Waals surface area contributed by atoms with Crippen LogP contribution in [0.1, 0.15) is 33.3 Å².